The Labute approximate surface area is 119 Å². The van der Waals surface area contributed by atoms with E-state index in [2.05, 4.69) is 32.5 Å². The molecule has 0 unspecified atom stereocenters. The van der Waals surface area contributed by atoms with Gasteiger partial charge in [-0.15, -0.1) is 0 Å². The lowest BCUT2D eigenvalue weighted by molar-refractivity contribution is 0.379. The molecule has 1 aromatic heterocycles. The quantitative estimate of drug-likeness (QED) is 0.897. The lowest BCUT2D eigenvalue weighted by Crippen LogP contribution is -2.40. The van der Waals surface area contributed by atoms with E-state index in [0.717, 1.165) is 31.3 Å². The summed E-state index contributed by atoms with van der Waals surface area (Å²) in [6.45, 7) is 3.28. The van der Waals surface area contributed by atoms with E-state index < -0.39 is 0 Å². The summed E-state index contributed by atoms with van der Waals surface area (Å²) in [5.41, 5.74) is 0. The Morgan fingerprint density at radius 3 is 2.68 bits per heavy atom. The van der Waals surface area contributed by atoms with E-state index in [-0.39, 0.29) is 0 Å². The molecule has 1 saturated carbocycles. The van der Waals surface area contributed by atoms with E-state index in [1.807, 2.05) is 11.8 Å². The summed E-state index contributed by atoms with van der Waals surface area (Å²) >= 11 is 1.99. The topological polar surface area (TPSA) is 41.0 Å². The van der Waals surface area contributed by atoms with Crippen molar-refractivity contribution in [3.63, 3.8) is 0 Å². The number of nitrogens with zero attached hydrogens (tertiary/aromatic N) is 3. The minimum absolute atomic E-state index is 0.443. The van der Waals surface area contributed by atoms with Gasteiger partial charge >= 0.3 is 0 Å². The van der Waals surface area contributed by atoms with Crippen molar-refractivity contribution in [3.8, 4) is 0 Å². The van der Waals surface area contributed by atoms with Gasteiger partial charge in [-0.1, -0.05) is 6.42 Å². The van der Waals surface area contributed by atoms with Crippen molar-refractivity contribution in [2.75, 3.05) is 36.1 Å². The maximum absolute atomic E-state index is 4.39. The first kappa shape index (κ1) is 13.0. The summed E-state index contributed by atoms with van der Waals surface area (Å²) in [6, 6.07) is 2.10. The number of rotatable bonds is 5. The maximum Gasteiger partial charge on any atom is 0.134 e. The van der Waals surface area contributed by atoms with Gasteiger partial charge in [-0.25, -0.2) is 9.97 Å². The van der Waals surface area contributed by atoms with Crippen LogP contribution in [-0.4, -0.2) is 40.6 Å². The second-order valence-corrected chi connectivity index (χ2v) is 6.82. The molecule has 2 fully saturated rings. The average Bonchev–Trinajstić information content (AvgIpc) is 2.92. The SMILES string of the molecule is CSC1(CNc2cc(N3CCCC3)ncn2)CCC1. The standard InChI is InChI=1S/C14H22N4S/c1-19-14(5-4-6-14)10-15-12-9-13(17-11-16-12)18-7-2-3-8-18/h9,11H,2-8,10H2,1H3,(H,15,16,17). The van der Waals surface area contributed by atoms with E-state index in [1.54, 1.807) is 6.33 Å². The molecule has 0 bridgehead atoms. The zero-order valence-corrected chi connectivity index (χ0v) is 12.4. The van der Waals surface area contributed by atoms with E-state index in [0.29, 0.717) is 4.75 Å². The smallest absolute Gasteiger partial charge is 0.134 e. The van der Waals surface area contributed by atoms with Crippen LogP contribution in [0.5, 0.6) is 0 Å². The molecule has 104 valence electrons. The Hall–Kier alpha value is -0.970. The van der Waals surface area contributed by atoms with Crippen molar-refractivity contribution in [1.82, 2.24) is 9.97 Å². The first-order valence-electron chi connectivity index (χ1n) is 7.17. The van der Waals surface area contributed by atoms with E-state index in [1.165, 1.54) is 32.1 Å². The average molecular weight is 278 g/mol. The number of nitrogens with one attached hydrogen (secondary N) is 1. The molecule has 1 aromatic rings. The van der Waals surface area contributed by atoms with Crippen molar-refractivity contribution in [2.45, 2.75) is 36.9 Å². The third kappa shape index (κ3) is 2.81. The molecule has 19 heavy (non-hydrogen) atoms. The first-order valence-corrected chi connectivity index (χ1v) is 8.40. The number of aromatic nitrogens is 2. The number of thioether (sulfide) groups is 1. The van der Waals surface area contributed by atoms with Crippen molar-refractivity contribution < 1.29 is 0 Å². The van der Waals surface area contributed by atoms with Crippen molar-refractivity contribution >= 4 is 23.4 Å². The molecule has 1 aliphatic heterocycles. The van der Waals surface area contributed by atoms with Gasteiger partial charge in [-0.05, 0) is 31.9 Å². The van der Waals surface area contributed by atoms with Gasteiger partial charge in [0.2, 0.25) is 0 Å². The van der Waals surface area contributed by atoms with E-state index in [9.17, 15) is 0 Å². The molecule has 0 amide bonds. The summed E-state index contributed by atoms with van der Waals surface area (Å²) in [7, 11) is 0. The summed E-state index contributed by atoms with van der Waals surface area (Å²) in [6.07, 6.45) is 10.5. The predicted molar refractivity (Wildman–Crippen MR) is 82.1 cm³/mol. The molecule has 0 spiro atoms. The molecular weight excluding hydrogens is 256 g/mol. The molecule has 1 saturated heterocycles. The third-order valence-corrected chi connectivity index (χ3v) is 5.79. The molecule has 5 heteroatoms. The van der Waals surface area contributed by atoms with Gasteiger partial charge in [0.25, 0.3) is 0 Å². The maximum atomic E-state index is 4.39. The van der Waals surface area contributed by atoms with E-state index >= 15 is 0 Å². The summed E-state index contributed by atoms with van der Waals surface area (Å²) < 4.78 is 0.443. The van der Waals surface area contributed by atoms with Gasteiger partial charge in [-0.2, -0.15) is 11.8 Å². The van der Waals surface area contributed by atoms with Crippen LogP contribution >= 0.6 is 11.8 Å². The molecule has 0 aromatic carbocycles. The van der Waals surface area contributed by atoms with Crippen LogP contribution in [-0.2, 0) is 0 Å². The van der Waals surface area contributed by atoms with Crippen LogP contribution in [0.4, 0.5) is 11.6 Å². The Kier molecular flexibility index (Phi) is 3.82. The first-order chi connectivity index (χ1) is 9.31. The molecule has 3 rings (SSSR count). The fourth-order valence-electron chi connectivity index (χ4n) is 2.84. The van der Waals surface area contributed by atoms with Gasteiger partial charge in [0.05, 0.1) is 0 Å². The fourth-order valence-corrected chi connectivity index (χ4v) is 3.75. The number of hydrogen-bond acceptors (Lipinski definition) is 5. The lowest BCUT2D eigenvalue weighted by Gasteiger charge is -2.40. The highest BCUT2D eigenvalue weighted by Crippen LogP contribution is 2.42. The largest absolute Gasteiger partial charge is 0.369 e. The third-order valence-electron chi connectivity index (χ3n) is 4.37. The van der Waals surface area contributed by atoms with Crippen LogP contribution in [0, 0.1) is 0 Å². The van der Waals surface area contributed by atoms with Gasteiger partial charge in [0.15, 0.2) is 0 Å². The number of hydrogen-bond donors (Lipinski definition) is 1. The Balaban J connectivity index is 1.62. The van der Waals surface area contributed by atoms with Crippen molar-refractivity contribution in [1.29, 1.82) is 0 Å². The van der Waals surface area contributed by atoms with Crippen LogP contribution in [0.1, 0.15) is 32.1 Å². The molecule has 0 radical (unpaired) electrons. The summed E-state index contributed by atoms with van der Waals surface area (Å²) in [4.78, 5) is 11.1. The van der Waals surface area contributed by atoms with Crippen LogP contribution in [0.25, 0.3) is 0 Å². The minimum Gasteiger partial charge on any atom is -0.369 e. The van der Waals surface area contributed by atoms with Gasteiger partial charge in [0.1, 0.15) is 18.0 Å². The van der Waals surface area contributed by atoms with E-state index in [4.69, 9.17) is 0 Å². The predicted octanol–water partition coefficient (Wildman–Crippen LogP) is 2.77. The Morgan fingerprint density at radius 2 is 2.05 bits per heavy atom. The van der Waals surface area contributed by atoms with Crippen LogP contribution < -0.4 is 10.2 Å². The van der Waals surface area contributed by atoms with Gasteiger partial charge in [0, 0.05) is 30.4 Å². The Morgan fingerprint density at radius 1 is 1.26 bits per heavy atom. The summed E-state index contributed by atoms with van der Waals surface area (Å²) in [5.74, 6) is 2.04. The summed E-state index contributed by atoms with van der Waals surface area (Å²) in [5, 5.41) is 3.50. The highest BCUT2D eigenvalue weighted by molar-refractivity contribution is 8.00. The monoisotopic (exact) mass is 278 g/mol. The van der Waals surface area contributed by atoms with Crippen molar-refractivity contribution in [3.05, 3.63) is 12.4 Å². The highest BCUT2D eigenvalue weighted by atomic mass is 32.2. The normalized spacial score (nSPS) is 21.2. The second kappa shape index (κ2) is 5.57. The highest BCUT2D eigenvalue weighted by Gasteiger charge is 2.35. The Bertz CT molecular complexity index is 422. The van der Waals surface area contributed by atoms with Crippen LogP contribution in [0.2, 0.25) is 0 Å². The molecular formula is C14H22N4S. The minimum atomic E-state index is 0.443. The molecule has 2 heterocycles. The lowest BCUT2D eigenvalue weighted by atomic mass is 9.84. The van der Waals surface area contributed by atoms with Crippen LogP contribution in [0.3, 0.4) is 0 Å². The number of anilines is 2. The molecule has 1 N–H and O–H groups in total. The van der Waals surface area contributed by atoms with Gasteiger partial charge < -0.3 is 10.2 Å². The van der Waals surface area contributed by atoms with Crippen LogP contribution in [0.15, 0.2) is 12.4 Å². The second-order valence-electron chi connectivity index (χ2n) is 5.55. The molecule has 2 aliphatic rings. The molecule has 0 atom stereocenters. The molecule has 1 aliphatic carbocycles. The van der Waals surface area contributed by atoms with Gasteiger partial charge in [-0.3, -0.25) is 0 Å². The zero-order chi connectivity index (χ0) is 13.1. The molecule has 4 nitrogen and oxygen atoms in total. The fraction of sp³-hybridized carbons (Fsp3) is 0.714. The van der Waals surface area contributed by atoms with Crippen molar-refractivity contribution in [2.24, 2.45) is 0 Å². The zero-order valence-electron chi connectivity index (χ0n) is 11.6.